The van der Waals surface area contributed by atoms with Gasteiger partial charge in [0.15, 0.2) is 0 Å². The number of benzene rings is 1. The van der Waals surface area contributed by atoms with Gasteiger partial charge in [0.1, 0.15) is 0 Å². The number of ether oxygens (including phenoxy) is 1. The topological polar surface area (TPSA) is 73.9 Å². The Morgan fingerprint density at radius 1 is 1.33 bits per heavy atom. The summed E-state index contributed by atoms with van der Waals surface area (Å²) in [6, 6.07) is 13.3. The molecule has 1 rings (SSSR count). The molecule has 1 aromatic rings. The number of carbonyl (C=O) groups excluding carboxylic acids is 1. The molecular formula is C14H14N2O2. The Labute approximate surface area is 106 Å². The van der Waals surface area contributed by atoms with Gasteiger partial charge in [0.05, 0.1) is 31.1 Å². The van der Waals surface area contributed by atoms with E-state index in [9.17, 15) is 10.1 Å². The number of carbonyl (C=O) groups is 1. The molecule has 1 unspecified atom stereocenters. The van der Waals surface area contributed by atoms with Gasteiger partial charge in [0.2, 0.25) is 0 Å². The molecule has 0 bridgehead atoms. The van der Waals surface area contributed by atoms with E-state index in [1.165, 1.54) is 7.11 Å². The third-order valence-corrected chi connectivity index (χ3v) is 2.90. The fourth-order valence-electron chi connectivity index (χ4n) is 1.80. The van der Waals surface area contributed by atoms with Crippen LogP contribution in [0, 0.1) is 22.7 Å². The zero-order valence-electron chi connectivity index (χ0n) is 10.2. The van der Waals surface area contributed by atoms with Crippen LogP contribution in [-0.2, 0) is 14.9 Å². The molecule has 4 nitrogen and oxygen atoms in total. The van der Waals surface area contributed by atoms with E-state index in [1.807, 2.05) is 24.3 Å². The van der Waals surface area contributed by atoms with Crippen molar-refractivity contribution in [2.45, 2.75) is 24.7 Å². The van der Waals surface area contributed by atoms with Gasteiger partial charge in [0.25, 0.3) is 0 Å². The highest BCUT2D eigenvalue weighted by Crippen LogP contribution is 2.32. The minimum Gasteiger partial charge on any atom is -0.469 e. The fraction of sp³-hybridized carbons (Fsp3) is 0.357. The van der Waals surface area contributed by atoms with Crippen molar-refractivity contribution in [1.29, 1.82) is 10.5 Å². The van der Waals surface area contributed by atoms with E-state index in [1.54, 1.807) is 12.1 Å². The first-order valence-electron chi connectivity index (χ1n) is 5.59. The van der Waals surface area contributed by atoms with Gasteiger partial charge in [-0.05, 0) is 12.0 Å². The molecule has 0 aromatic heterocycles. The van der Waals surface area contributed by atoms with Crippen LogP contribution in [0.15, 0.2) is 30.3 Å². The molecule has 0 fully saturated rings. The molecule has 0 amide bonds. The molecule has 1 atom stereocenters. The Balaban J connectivity index is 3.00. The van der Waals surface area contributed by atoms with E-state index >= 15 is 0 Å². The van der Waals surface area contributed by atoms with E-state index in [4.69, 9.17) is 5.26 Å². The van der Waals surface area contributed by atoms with Crippen LogP contribution in [0.25, 0.3) is 0 Å². The van der Waals surface area contributed by atoms with Crippen molar-refractivity contribution >= 4 is 5.97 Å². The van der Waals surface area contributed by atoms with Gasteiger partial charge < -0.3 is 4.74 Å². The lowest BCUT2D eigenvalue weighted by atomic mass is 9.76. The second-order valence-corrected chi connectivity index (χ2v) is 3.97. The van der Waals surface area contributed by atoms with E-state index in [0.717, 1.165) is 5.56 Å². The highest BCUT2D eigenvalue weighted by molar-refractivity contribution is 5.69. The lowest BCUT2D eigenvalue weighted by molar-refractivity contribution is -0.140. The molecule has 0 aliphatic rings. The first-order chi connectivity index (χ1) is 8.68. The van der Waals surface area contributed by atoms with Crippen molar-refractivity contribution < 1.29 is 9.53 Å². The molecule has 0 aliphatic heterocycles. The molecule has 0 saturated carbocycles. The largest absolute Gasteiger partial charge is 0.469 e. The predicted molar refractivity (Wildman–Crippen MR) is 65.2 cm³/mol. The fourth-order valence-corrected chi connectivity index (χ4v) is 1.80. The van der Waals surface area contributed by atoms with Gasteiger partial charge in [-0.2, -0.15) is 10.5 Å². The number of esters is 1. The summed E-state index contributed by atoms with van der Waals surface area (Å²) in [6.45, 7) is 0. The standard InChI is InChI=1S/C14H14N2O2/c1-18-13(17)7-8-14(11-16,9-10-15)12-5-3-2-4-6-12/h2-6H,7-9H2,1H3. The molecule has 4 heteroatoms. The van der Waals surface area contributed by atoms with Crippen LogP contribution in [0.4, 0.5) is 0 Å². The summed E-state index contributed by atoms with van der Waals surface area (Å²) in [5, 5.41) is 18.3. The highest BCUT2D eigenvalue weighted by Gasteiger charge is 2.32. The molecule has 0 heterocycles. The number of nitriles is 2. The lowest BCUT2D eigenvalue weighted by Crippen LogP contribution is -2.25. The predicted octanol–water partition coefficient (Wildman–Crippen LogP) is 2.31. The summed E-state index contributed by atoms with van der Waals surface area (Å²) < 4.78 is 4.57. The average Bonchev–Trinajstić information content (AvgIpc) is 2.44. The van der Waals surface area contributed by atoms with E-state index in [0.29, 0.717) is 0 Å². The Hall–Kier alpha value is -2.33. The third-order valence-electron chi connectivity index (χ3n) is 2.90. The molecule has 0 N–H and O–H groups in total. The van der Waals surface area contributed by atoms with Crippen molar-refractivity contribution in [3.05, 3.63) is 35.9 Å². The summed E-state index contributed by atoms with van der Waals surface area (Å²) in [5.74, 6) is -0.372. The van der Waals surface area contributed by atoms with Crippen molar-refractivity contribution in [1.82, 2.24) is 0 Å². The number of methoxy groups -OCH3 is 1. The number of hydrogen-bond donors (Lipinski definition) is 0. The van der Waals surface area contributed by atoms with Crippen molar-refractivity contribution in [2.24, 2.45) is 0 Å². The maximum absolute atomic E-state index is 11.2. The monoisotopic (exact) mass is 242 g/mol. The maximum atomic E-state index is 11.2. The van der Waals surface area contributed by atoms with Crippen molar-refractivity contribution in [2.75, 3.05) is 7.11 Å². The Morgan fingerprint density at radius 3 is 2.50 bits per heavy atom. The summed E-state index contributed by atoms with van der Waals surface area (Å²) >= 11 is 0. The molecular weight excluding hydrogens is 228 g/mol. The average molecular weight is 242 g/mol. The van der Waals surface area contributed by atoms with Gasteiger partial charge in [-0.3, -0.25) is 4.79 Å². The second kappa shape index (κ2) is 6.42. The summed E-state index contributed by atoms with van der Waals surface area (Å²) in [5.41, 5.74) is -0.178. The van der Waals surface area contributed by atoms with Crippen LogP contribution in [0.5, 0.6) is 0 Å². The Morgan fingerprint density at radius 2 is 2.00 bits per heavy atom. The normalized spacial score (nSPS) is 12.8. The zero-order chi connectivity index (χ0) is 13.4. The molecule has 92 valence electrons. The second-order valence-electron chi connectivity index (χ2n) is 3.97. The molecule has 0 spiro atoms. The van der Waals surface area contributed by atoms with Crippen LogP contribution >= 0.6 is 0 Å². The highest BCUT2D eigenvalue weighted by atomic mass is 16.5. The first kappa shape index (κ1) is 13.7. The van der Waals surface area contributed by atoms with Gasteiger partial charge >= 0.3 is 5.97 Å². The molecule has 0 aliphatic carbocycles. The number of rotatable bonds is 5. The van der Waals surface area contributed by atoms with E-state index < -0.39 is 5.41 Å². The molecule has 0 radical (unpaired) electrons. The number of nitrogens with zero attached hydrogens (tertiary/aromatic N) is 2. The van der Waals surface area contributed by atoms with Crippen LogP contribution in [-0.4, -0.2) is 13.1 Å². The summed E-state index contributed by atoms with van der Waals surface area (Å²) in [7, 11) is 1.31. The summed E-state index contributed by atoms with van der Waals surface area (Å²) in [6.07, 6.45) is 0.471. The van der Waals surface area contributed by atoms with E-state index in [-0.39, 0.29) is 25.2 Å². The van der Waals surface area contributed by atoms with Gasteiger partial charge in [0, 0.05) is 6.42 Å². The van der Waals surface area contributed by atoms with E-state index in [2.05, 4.69) is 10.8 Å². The summed E-state index contributed by atoms with van der Waals surface area (Å²) in [4.78, 5) is 11.2. The van der Waals surface area contributed by atoms with Crippen molar-refractivity contribution in [3.8, 4) is 12.1 Å². The van der Waals surface area contributed by atoms with Crippen LogP contribution in [0.1, 0.15) is 24.8 Å². The smallest absolute Gasteiger partial charge is 0.305 e. The van der Waals surface area contributed by atoms with Crippen LogP contribution in [0.2, 0.25) is 0 Å². The third kappa shape index (κ3) is 3.09. The molecule has 18 heavy (non-hydrogen) atoms. The van der Waals surface area contributed by atoms with Gasteiger partial charge in [-0.15, -0.1) is 0 Å². The molecule has 1 aromatic carbocycles. The van der Waals surface area contributed by atoms with Gasteiger partial charge in [-0.25, -0.2) is 0 Å². The van der Waals surface area contributed by atoms with Crippen molar-refractivity contribution in [3.63, 3.8) is 0 Å². The number of hydrogen-bond acceptors (Lipinski definition) is 4. The van der Waals surface area contributed by atoms with Crippen LogP contribution in [0.3, 0.4) is 0 Å². The lowest BCUT2D eigenvalue weighted by Gasteiger charge is -2.23. The van der Waals surface area contributed by atoms with Gasteiger partial charge in [-0.1, -0.05) is 30.3 Å². The Bertz CT molecular complexity index is 485. The molecule has 0 saturated heterocycles. The Kier molecular flexibility index (Phi) is 4.90. The van der Waals surface area contributed by atoms with Crippen LogP contribution < -0.4 is 0 Å². The minimum atomic E-state index is -0.940. The SMILES string of the molecule is COC(=O)CCC(C#N)(CC#N)c1ccccc1. The quantitative estimate of drug-likeness (QED) is 0.742. The zero-order valence-corrected chi connectivity index (χ0v) is 10.2. The maximum Gasteiger partial charge on any atom is 0.305 e. The minimum absolute atomic E-state index is 0.0600. The first-order valence-corrected chi connectivity index (χ1v) is 5.59.